The van der Waals surface area contributed by atoms with E-state index in [-0.39, 0.29) is 0 Å². The lowest BCUT2D eigenvalue weighted by Crippen LogP contribution is -2.50. The summed E-state index contributed by atoms with van der Waals surface area (Å²) in [6.45, 7) is 2.03. The molecule has 2 heterocycles. The molecule has 0 aliphatic carbocycles. The Morgan fingerprint density at radius 2 is 1.81 bits per heavy atom. The minimum atomic E-state index is -0.796. The van der Waals surface area contributed by atoms with Crippen LogP contribution in [0.15, 0.2) is 36.4 Å². The number of thiazole rings is 1. The maximum atomic E-state index is 13.7. The first-order valence-corrected chi connectivity index (χ1v) is 9.52. The van der Waals surface area contributed by atoms with Crippen LogP contribution in [0.5, 0.6) is 0 Å². The lowest BCUT2D eigenvalue weighted by Gasteiger charge is -2.34. The van der Waals surface area contributed by atoms with Crippen LogP contribution in [0.1, 0.15) is 0 Å². The number of hydrogen-bond acceptors (Lipinski definition) is 4. The van der Waals surface area contributed by atoms with Crippen LogP contribution in [-0.2, 0) is 0 Å². The van der Waals surface area contributed by atoms with Gasteiger partial charge in [0.15, 0.2) is 5.13 Å². The zero-order valence-corrected chi connectivity index (χ0v) is 15.7. The van der Waals surface area contributed by atoms with E-state index in [9.17, 15) is 13.6 Å². The Kier molecular flexibility index (Phi) is 4.84. The second kappa shape index (κ2) is 7.28. The van der Waals surface area contributed by atoms with E-state index in [1.165, 1.54) is 11.0 Å². The third kappa shape index (κ3) is 3.68. The van der Waals surface area contributed by atoms with Crippen molar-refractivity contribution in [1.82, 2.24) is 9.88 Å². The summed E-state index contributed by atoms with van der Waals surface area (Å²) in [6, 6.07) is 8.51. The van der Waals surface area contributed by atoms with E-state index in [2.05, 4.69) is 15.2 Å². The molecule has 27 heavy (non-hydrogen) atoms. The molecule has 140 valence electrons. The summed E-state index contributed by atoms with van der Waals surface area (Å²) in [5, 5.41) is 3.86. The second-order valence-corrected chi connectivity index (χ2v) is 7.55. The lowest BCUT2D eigenvalue weighted by atomic mass is 10.3. The first kappa shape index (κ1) is 17.9. The minimum Gasteiger partial charge on any atom is -0.345 e. The van der Waals surface area contributed by atoms with Crippen molar-refractivity contribution in [2.24, 2.45) is 0 Å². The molecule has 3 aromatic rings. The highest BCUT2D eigenvalue weighted by atomic mass is 35.5. The van der Waals surface area contributed by atoms with Gasteiger partial charge in [-0.2, -0.15) is 0 Å². The summed E-state index contributed by atoms with van der Waals surface area (Å²) >= 11 is 7.56. The summed E-state index contributed by atoms with van der Waals surface area (Å²) in [5.74, 6) is -1.59. The van der Waals surface area contributed by atoms with E-state index in [1.807, 2.05) is 12.1 Å². The number of halogens is 3. The molecule has 0 saturated carbocycles. The monoisotopic (exact) mass is 408 g/mol. The smallest absolute Gasteiger partial charge is 0.322 e. The van der Waals surface area contributed by atoms with Gasteiger partial charge >= 0.3 is 6.03 Å². The minimum absolute atomic E-state index is 0.423. The van der Waals surface area contributed by atoms with Crippen LogP contribution < -0.4 is 10.2 Å². The van der Waals surface area contributed by atoms with Crippen LogP contribution in [0.2, 0.25) is 5.02 Å². The van der Waals surface area contributed by atoms with Gasteiger partial charge in [-0.15, -0.1) is 0 Å². The topological polar surface area (TPSA) is 48.5 Å². The molecular formula is C18H15ClF2N4OS. The molecule has 2 amide bonds. The van der Waals surface area contributed by atoms with E-state index in [0.717, 1.165) is 27.5 Å². The molecule has 1 fully saturated rings. The molecule has 0 bridgehead atoms. The molecule has 0 spiro atoms. The van der Waals surface area contributed by atoms with Gasteiger partial charge < -0.3 is 15.1 Å². The highest BCUT2D eigenvalue weighted by Gasteiger charge is 2.24. The lowest BCUT2D eigenvalue weighted by molar-refractivity contribution is 0.208. The average Bonchev–Trinajstić information content (AvgIpc) is 3.08. The maximum Gasteiger partial charge on any atom is 0.322 e. The average molecular weight is 409 g/mol. The Hall–Kier alpha value is -2.45. The van der Waals surface area contributed by atoms with E-state index in [1.54, 1.807) is 17.4 Å². The number of anilines is 2. The molecule has 1 saturated heterocycles. The maximum absolute atomic E-state index is 13.7. The van der Waals surface area contributed by atoms with E-state index < -0.39 is 23.4 Å². The van der Waals surface area contributed by atoms with Gasteiger partial charge in [0.2, 0.25) is 0 Å². The van der Waals surface area contributed by atoms with Crippen LogP contribution >= 0.6 is 22.9 Å². The molecule has 4 rings (SSSR count). The van der Waals surface area contributed by atoms with Crippen molar-refractivity contribution in [3.05, 3.63) is 53.1 Å². The number of carbonyl (C=O) groups is 1. The van der Waals surface area contributed by atoms with Crippen molar-refractivity contribution in [3.63, 3.8) is 0 Å². The van der Waals surface area contributed by atoms with Gasteiger partial charge in [-0.25, -0.2) is 18.6 Å². The number of hydrogen-bond donors (Lipinski definition) is 1. The number of amides is 2. The van der Waals surface area contributed by atoms with Gasteiger partial charge in [-0.3, -0.25) is 0 Å². The number of urea groups is 1. The Labute approximate surface area is 163 Å². The molecule has 1 aliphatic rings. The van der Waals surface area contributed by atoms with Crippen molar-refractivity contribution in [1.29, 1.82) is 0 Å². The fourth-order valence-corrected chi connectivity index (χ4v) is 4.22. The normalized spacial score (nSPS) is 14.6. The largest absolute Gasteiger partial charge is 0.345 e. The molecule has 1 aliphatic heterocycles. The van der Waals surface area contributed by atoms with Crippen LogP contribution in [-0.4, -0.2) is 42.1 Å². The zero-order valence-electron chi connectivity index (χ0n) is 14.1. The summed E-state index contributed by atoms with van der Waals surface area (Å²) in [7, 11) is 0. The number of benzene rings is 2. The Bertz CT molecular complexity index is 984. The number of aromatic nitrogens is 1. The molecule has 0 atom stereocenters. The Morgan fingerprint density at radius 3 is 2.52 bits per heavy atom. The third-order valence-corrected chi connectivity index (χ3v) is 5.69. The van der Waals surface area contributed by atoms with Gasteiger partial charge in [-0.1, -0.05) is 29.0 Å². The second-order valence-electron chi connectivity index (χ2n) is 6.11. The Balaban J connectivity index is 1.41. The number of nitrogens with zero attached hydrogens (tertiary/aromatic N) is 3. The first-order valence-electron chi connectivity index (χ1n) is 8.32. The van der Waals surface area contributed by atoms with Crippen molar-refractivity contribution in [3.8, 4) is 0 Å². The van der Waals surface area contributed by atoms with Gasteiger partial charge in [-0.05, 0) is 30.3 Å². The van der Waals surface area contributed by atoms with Crippen molar-refractivity contribution < 1.29 is 13.6 Å². The Morgan fingerprint density at radius 1 is 1.11 bits per heavy atom. The number of carbonyl (C=O) groups excluding carboxylic acids is 1. The molecule has 9 heteroatoms. The summed E-state index contributed by atoms with van der Waals surface area (Å²) in [6.07, 6.45) is 0. The molecule has 1 aromatic heterocycles. The standard InChI is InChI=1S/C18H15ClF2N4OS/c19-11-4-5-14-15(10-11)27-18(22-14)25-8-6-24(7-9-25)17(26)23-16-12(20)2-1-3-13(16)21/h1-5,10H,6-9H2,(H,23,26). The van der Waals surface area contributed by atoms with Crippen LogP contribution in [0, 0.1) is 11.6 Å². The SMILES string of the molecule is O=C(Nc1c(F)cccc1F)N1CCN(c2nc3ccc(Cl)cc3s2)CC1. The van der Waals surface area contributed by atoms with Crippen molar-refractivity contribution in [2.75, 3.05) is 36.4 Å². The van der Waals surface area contributed by atoms with Gasteiger partial charge in [0.1, 0.15) is 17.3 Å². The molecule has 2 aromatic carbocycles. The van der Waals surface area contributed by atoms with Gasteiger partial charge in [0.05, 0.1) is 10.2 Å². The quantitative estimate of drug-likeness (QED) is 0.675. The van der Waals surface area contributed by atoms with Crippen LogP contribution in [0.3, 0.4) is 0 Å². The number of piperazine rings is 1. The van der Waals surface area contributed by atoms with Crippen LogP contribution in [0.4, 0.5) is 24.4 Å². The van der Waals surface area contributed by atoms with E-state index >= 15 is 0 Å². The van der Waals surface area contributed by atoms with Gasteiger partial charge in [0.25, 0.3) is 0 Å². The van der Waals surface area contributed by atoms with Crippen LogP contribution in [0.25, 0.3) is 10.2 Å². The van der Waals surface area contributed by atoms with Crippen molar-refractivity contribution in [2.45, 2.75) is 0 Å². The molecule has 0 radical (unpaired) electrons. The predicted molar refractivity (Wildman–Crippen MR) is 104 cm³/mol. The van der Waals surface area contributed by atoms with Crippen molar-refractivity contribution >= 4 is 50.0 Å². The fraction of sp³-hybridized carbons (Fsp3) is 0.222. The summed E-state index contributed by atoms with van der Waals surface area (Å²) in [5.41, 5.74) is 0.461. The predicted octanol–water partition coefficient (Wildman–Crippen LogP) is 4.58. The summed E-state index contributed by atoms with van der Waals surface area (Å²) in [4.78, 5) is 20.6. The molecule has 0 unspecified atom stereocenters. The molecular weight excluding hydrogens is 394 g/mol. The van der Waals surface area contributed by atoms with Gasteiger partial charge in [0, 0.05) is 31.2 Å². The number of rotatable bonds is 2. The zero-order chi connectivity index (χ0) is 19.0. The fourth-order valence-electron chi connectivity index (χ4n) is 2.93. The highest BCUT2D eigenvalue weighted by molar-refractivity contribution is 7.22. The third-order valence-electron chi connectivity index (χ3n) is 4.37. The number of para-hydroxylation sites is 1. The first-order chi connectivity index (χ1) is 13.0. The molecule has 1 N–H and O–H groups in total. The highest BCUT2D eigenvalue weighted by Crippen LogP contribution is 2.31. The summed E-state index contributed by atoms with van der Waals surface area (Å²) < 4.78 is 28.4. The van der Waals surface area contributed by atoms with E-state index in [4.69, 9.17) is 11.6 Å². The number of nitrogens with one attached hydrogen (secondary N) is 1. The number of fused-ring (bicyclic) bond motifs is 1. The molecule has 5 nitrogen and oxygen atoms in total. The van der Waals surface area contributed by atoms with E-state index in [0.29, 0.717) is 31.2 Å².